The molecule has 1 saturated carbocycles. The molecule has 3 rings (SSSR count). The molecule has 116 valence electrons. The number of ether oxygens (including phenoxy) is 1. The van der Waals surface area contributed by atoms with Gasteiger partial charge < -0.3 is 9.64 Å². The molecule has 3 aliphatic rings. The van der Waals surface area contributed by atoms with E-state index in [9.17, 15) is 0 Å². The summed E-state index contributed by atoms with van der Waals surface area (Å²) in [5.41, 5.74) is 0. The van der Waals surface area contributed by atoms with Crippen LogP contribution in [-0.2, 0) is 4.74 Å². The third-order valence-electron chi connectivity index (χ3n) is 5.04. The van der Waals surface area contributed by atoms with Crippen LogP contribution in [0.15, 0.2) is 0 Å². The zero-order valence-electron chi connectivity index (χ0n) is 13.3. The molecule has 0 aromatic carbocycles. The molecule has 4 heteroatoms. The summed E-state index contributed by atoms with van der Waals surface area (Å²) < 4.78 is 5.97. The van der Waals surface area contributed by atoms with Crippen molar-refractivity contribution in [2.75, 3.05) is 59.0 Å². The maximum atomic E-state index is 5.97. The molecule has 0 unspecified atom stereocenters. The van der Waals surface area contributed by atoms with Gasteiger partial charge in [0.1, 0.15) is 0 Å². The van der Waals surface area contributed by atoms with Crippen LogP contribution in [0.1, 0.15) is 26.7 Å². The van der Waals surface area contributed by atoms with Crippen molar-refractivity contribution in [1.82, 2.24) is 14.7 Å². The lowest BCUT2D eigenvalue weighted by molar-refractivity contribution is -0.0564. The van der Waals surface area contributed by atoms with Gasteiger partial charge in [0.2, 0.25) is 0 Å². The number of morpholine rings is 1. The SMILES string of the molecule is CC(C)N1CCO[C@@H](CN2CCN(CC3CC3)CC2)C1. The molecule has 20 heavy (non-hydrogen) atoms. The highest BCUT2D eigenvalue weighted by Crippen LogP contribution is 2.29. The number of hydrogen-bond acceptors (Lipinski definition) is 4. The van der Waals surface area contributed by atoms with Crippen molar-refractivity contribution in [3.05, 3.63) is 0 Å². The third-order valence-corrected chi connectivity index (χ3v) is 5.04. The van der Waals surface area contributed by atoms with E-state index < -0.39 is 0 Å². The highest BCUT2D eigenvalue weighted by atomic mass is 16.5. The highest BCUT2D eigenvalue weighted by Gasteiger charge is 2.28. The van der Waals surface area contributed by atoms with Gasteiger partial charge in [-0.25, -0.2) is 0 Å². The van der Waals surface area contributed by atoms with Gasteiger partial charge in [-0.3, -0.25) is 9.80 Å². The van der Waals surface area contributed by atoms with E-state index in [4.69, 9.17) is 4.74 Å². The minimum Gasteiger partial charge on any atom is -0.374 e. The van der Waals surface area contributed by atoms with Gasteiger partial charge >= 0.3 is 0 Å². The Bertz CT molecular complexity index is 298. The fourth-order valence-corrected chi connectivity index (χ4v) is 3.43. The smallest absolute Gasteiger partial charge is 0.0829 e. The quantitative estimate of drug-likeness (QED) is 0.752. The lowest BCUT2D eigenvalue weighted by Gasteiger charge is -2.40. The summed E-state index contributed by atoms with van der Waals surface area (Å²) in [6, 6.07) is 0.650. The van der Waals surface area contributed by atoms with Gasteiger partial charge in [0.15, 0.2) is 0 Å². The second-order valence-corrected chi connectivity index (χ2v) is 7.13. The third kappa shape index (κ3) is 4.17. The Morgan fingerprint density at radius 3 is 2.20 bits per heavy atom. The van der Waals surface area contributed by atoms with E-state index in [1.807, 2.05) is 0 Å². The van der Waals surface area contributed by atoms with Crippen LogP contribution in [0.2, 0.25) is 0 Å². The van der Waals surface area contributed by atoms with Gasteiger partial charge in [-0.15, -0.1) is 0 Å². The van der Waals surface area contributed by atoms with Crippen LogP contribution in [0.5, 0.6) is 0 Å². The van der Waals surface area contributed by atoms with Gasteiger partial charge in [0, 0.05) is 58.4 Å². The number of hydrogen-bond donors (Lipinski definition) is 0. The first kappa shape index (κ1) is 14.8. The molecule has 1 atom stereocenters. The van der Waals surface area contributed by atoms with E-state index in [0.717, 1.165) is 32.2 Å². The Morgan fingerprint density at radius 2 is 1.60 bits per heavy atom. The Balaban J connectivity index is 1.37. The average molecular weight is 281 g/mol. The molecule has 0 spiro atoms. The zero-order chi connectivity index (χ0) is 13.9. The first-order valence-electron chi connectivity index (χ1n) is 8.51. The molecule has 1 aliphatic carbocycles. The topological polar surface area (TPSA) is 19.0 Å². The largest absolute Gasteiger partial charge is 0.374 e. The van der Waals surface area contributed by atoms with Crippen LogP contribution in [0.25, 0.3) is 0 Å². The van der Waals surface area contributed by atoms with E-state index in [1.165, 1.54) is 45.6 Å². The molecule has 2 saturated heterocycles. The standard InChI is InChI=1S/C16H31N3O/c1-14(2)19-9-10-20-16(13-19)12-18-7-5-17(6-8-18)11-15-3-4-15/h14-16H,3-13H2,1-2H3/t16-/m0/s1. The van der Waals surface area contributed by atoms with E-state index in [-0.39, 0.29) is 0 Å². The molecule has 0 aromatic heterocycles. The van der Waals surface area contributed by atoms with E-state index in [0.29, 0.717) is 12.1 Å². The lowest BCUT2D eigenvalue weighted by Crippen LogP contribution is -2.53. The van der Waals surface area contributed by atoms with Gasteiger partial charge in [0.05, 0.1) is 12.7 Å². The van der Waals surface area contributed by atoms with Crippen molar-refractivity contribution < 1.29 is 4.74 Å². The highest BCUT2D eigenvalue weighted by molar-refractivity contribution is 4.83. The van der Waals surface area contributed by atoms with Crippen LogP contribution in [0.4, 0.5) is 0 Å². The summed E-state index contributed by atoms with van der Waals surface area (Å²) >= 11 is 0. The Kier molecular flexibility index (Phi) is 4.97. The lowest BCUT2D eigenvalue weighted by atomic mass is 10.2. The molecule has 0 N–H and O–H groups in total. The summed E-state index contributed by atoms with van der Waals surface area (Å²) in [6.45, 7) is 15.2. The van der Waals surface area contributed by atoms with Crippen molar-refractivity contribution in [1.29, 1.82) is 0 Å². The Hall–Kier alpha value is -0.160. The first-order chi connectivity index (χ1) is 9.70. The van der Waals surface area contributed by atoms with Crippen LogP contribution < -0.4 is 0 Å². The maximum Gasteiger partial charge on any atom is 0.0829 e. The molecule has 0 radical (unpaired) electrons. The molecule has 0 amide bonds. The molecular formula is C16H31N3O. The van der Waals surface area contributed by atoms with Crippen LogP contribution in [0.3, 0.4) is 0 Å². The van der Waals surface area contributed by atoms with Gasteiger partial charge in [-0.05, 0) is 32.6 Å². The molecule has 2 heterocycles. The fourth-order valence-electron chi connectivity index (χ4n) is 3.43. The Morgan fingerprint density at radius 1 is 0.950 bits per heavy atom. The minimum absolute atomic E-state index is 0.418. The van der Waals surface area contributed by atoms with Crippen LogP contribution >= 0.6 is 0 Å². The second-order valence-electron chi connectivity index (χ2n) is 7.13. The van der Waals surface area contributed by atoms with Crippen LogP contribution in [0, 0.1) is 5.92 Å². The van der Waals surface area contributed by atoms with Crippen molar-refractivity contribution in [3.63, 3.8) is 0 Å². The molecule has 0 bridgehead atoms. The summed E-state index contributed by atoms with van der Waals surface area (Å²) in [6.07, 6.45) is 3.36. The summed E-state index contributed by atoms with van der Waals surface area (Å²) in [7, 11) is 0. The van der Waals surface area contributed by atoms with Gasteiger partial charge in [0.25, 0.3) is 0 Å². The second kappa shape index (κ2) is 6.73. The number of nitrogens with zero attached hydrogens (tertiary/aromatic N) is 3. The predicted octanol–water partition coefficient (Wildman–Crippen LogP) is 1.12. The normalized spacial score (nSPS) is 31.1. The molecule has 4 nitrogen and oxygen atoms in total. The van der Waals surface area contributed by atoms with Gasteiger partial charge in [-0.2, -0.15) is 0 Å². The maximum absolute atomic E-state index is 5.97. The molecule has 2 aliphatic heterocycles. The molecule has 0 aromatic rings. The monoisotopic (exact) mass is 281 g/mol. The van der Waals surface area contributed by atoms with Crippen molar-refractivity contribution in [2.45, 2.75) is 38.8 Å². The van der Waals surface area contributed by atoms with Crippen molar-refractivity contribution >= 4 is 0 Å². The fraction of sp³-hybridized carbons (Fsp3) is 1.00. The Labute approximate surface area is 124 Å². The summed E-state index contributed by atoms with van der Waals surface area (Å²) in [5, 5.41) is 0. The summed E-state index contributed by atoms with van der Waals surface area (Å²) in [4.78, 5) is 7.83. The van der Waals surface area contributed by atoms with E-state index >= 15 is 0 Å². The average Bonchev–Trinajstić information content (AvgIpc) is 3.25. The van der Waals surface area contributed by atoms with Crippen molar-refractivity contribution in [3.8, 4) is 0 Å². The summed E-state index contributed by atoms with van der Waals surface area (Å²) in [5.74, 6) is 1.03. The first-order valence-corrected chi connectivity index (χ1v) is 8.51. The molecule has 3 fully saturated rings. The number of rotatable bonds is 5. The van der Waals surface area contributed by atoms with Crippen LogP contribution in [-0.4, -0.2) is 85.8 Å². The minimum atomic E-state index is 0.418. The predicted molar refractivity (Wildman–Crippen MR) is 82.1 cm³/mol. The number of piperazine rings is 1. The molecular weight excluding hydrogens is 250 g/mol. The van der Waals surface area contributed by atoms with E-state index in [2.05, 4.69) is 28.5 Å². The van der Waals surface area contributed by atoms with Gasteiger partial charge in [-0.1, -0.05) is 0 Å². The van der Waals surface area contributed by atoms with E-state index in [1.54, 1.807) is 0 Å². The zero-order valence-corrected chi connectivity index (χ0v) is 13.3. The van der Waals surface area contributed by atoms with Crippen molar-refractivity contribution in [2.24, 2.45) is 5.92 Å².